The fraction of sp³-hybridized carbons (Fsp3) is 0.231. The molecule has 0 aromatic heterocycles. The summed E-state index contributed by atoms with van der Waals surface area (Å²) in [6.45, 7) is 3.08. The van der Waals surface area contributed by atoms with Crippen LogP contribution in [0.2, 0.25) is 0 Å². The number of carbonyl (C=O) groups is 4. The summed E-state index contributed by atoms with van der Waals surface area (Å²) in [7, 11) is 0. The van der Waals surface area contributed by atoms with E-state index in [0.717, 1.165) is 6.07 Å². The van der Waals surface area contributed by atoms with Crippen molar-refractivity contribution in [2.75, 3.05) is 0 Å². The third kappa shape index (κ3) is 2.83. The first-order chi connectivity index (χ1) is 9.59. The summed E-state index contributed by atoms with van der Waals surface area (Å²) in [6, 6.07) is 0.895. The normalized spacial score (nSPS) is 10.4. The Morgan fingerprint density at radius 1 is 0.762 bits per heavy atom. The molecule has 0 amide bonds. The maximum Gasteiger partial charge on any atom is 0.337 e. The summed E-state index contributed by atoms with van der Waals surface area (Å²) in [5.74, 6) is -7.41. The van der Waals surface area contributed by atoms with Gasteiger partial charge in [0.2, 0.25) is 0 Å². The van der Waals surface area contributed by atoms with Gasteiger partial charge in [-0.3, -0.25) is 0 Å². The molecule has 4 N–H and O–H groups in total. The fourth-order valence-electron chi connectivity index (χ4n) is 1.99. The average molecular weight is 296 g/mol. The molecule has 0 saturated heterocycles. The zero-order chi connectivity index (χ0) is 16.5. The molecule has 0 bridgehead atoms. The van der Waals surface area contributed by atoms with Crippen molar-refractivity contribution in [1.29, 1.82) is 0 Å². The summed E-state index contributed by atoms with van der Waals surface area (Å²) < 4.78 is 0. The Kier molecular flexibility index (Phi) is 4.32. The Hall–Kier alpha value is -2.90. The standard InChI is InChI=1S/C13H12O8/c1-4(2)5-3-6(10(14)15)8(12(18)19)9(13(20)21)7(5)11(16)17/h3-4H,1-2H3,(H,14,15)(H,16,17)(H,18,19)(H,20,21). The van der Waals surface area contributed by atoms with E-state index in [-0.39, 0.29) is 5.56 Å². The van der Waals surface area contributed by atoms with Crippen molar-refractivity contribution in [2.45, 2.75) is 19.8 Å². The van der Waals surface area contributed by atoms with E-state index in [9.17, 15) is 24.3 Å². The predicted octanol–water partition coefficient (Wildman–Crippen LogP) is 1.60. The Morgan fingerprint density at radius 2 is 1.19 bits per heavy atom. The highest BCUT2D eigenvalue weighted by molar-refractivity contribution is 6.14. The number of carboxylic acid groups (broad SMARTS) is 4. The van der Waals surface area contributed by atoms with Crippen LogP contribution in [0.25, 0.3) is 0 Å². The molecule has 0 aliphatic rings. The highest BCUT2D eigenvalue weighted by Gasteiger charge is 2.32. The summed E-state index contributed by atoms with van der Waals surface area (Å²) >= 11 is 0. The van der Waals surface area contributed by atoms with Crippen molar-refractivity contribution in [3.05, 3.63) is 33.9 Å². The second-order valence-electron chi connectivity index (χ2n) is 4.51. The molecular formula is C13H12O8. The molecule has 0 heterocycles. The van der Waals surface area contributed by atoms with E-state index >= 15 is 0 Å². The number of benzene rings is 1. The van der Waals surface area contributed by atoms with Gasteiger partial charge in [-0.1, -0.05) is 13.8 Å². The third-order valence-corrected chi connectivity index (χ3v) is 2.85. The highest BCUT2D eigenvalue weighted by atomic mass is 16.4. The van der Waals surface area contributed by atoms with Crippen LogP contribution in [0.3, 0.4) is 0 Å². The molecule has 0 atom stereocenters. The first-order valence-electron chi connectivity index (χ1n) is 5.73. The summed E-state index contributed by atoms with van der Waals surface area (Å²) in [6.07, 6.45) is 0. The van der Waals surface area contributed by atoms with Crippen molar-refractivity contribution in [2.24, 2.45) is 0 Å². The van der Waals surface area contributed by atoms with Gasteiger partial charge >= 0.3 is 23.9 Å². The molecule has 112 valence electrons. The van der Waals surface area contributed by atoms with E-state index in [1.807, 2.05) is 0 Å². The smallest absolute Gasteiger partial charge is 0.337 e. The quantitative estimate of drug-likeness (QED) is 0.640. The van der Waals surface area contributed by atoms with Crippen LogP contribution >= 0.6 is 0 Å². The zero-order valence-corrected chi connectivity index (χ0v) is 11.1. The van der Waals surface area contributed by atoms with Crippen molar-refractivity contribution >= 4 is 23.9 Å². The van der Waals surface area contributed by atoms with Gasteiger partial charge in [0.05, 0.1) is 22.3 Å². The van der Waals surface area contributed by atoms with Crippen LogP contribution in [0, 0.1) is 0 Å². The number of hydrogen-bond donors (Lipinski definition) is 4. The summed E-state index contributed by atoms with van der Waals surface area (Å²) in [5.41, 5.74) is -3.59. The van der Waals surface area contributed by atoms with Crippen LogP contribution in [0.1, 0.15) is 66.8 Å². The third-order valence-electron chi connectivity index (χ3n) is 2.85. The number of aromatic carboxylic acids is 4. The van der Waals surface area contributed by atoms with Crippen LogP contribution in [0.15, 0.2) is 6.07 Å². The Morgan fingerprint density at radius 3 is 1.48 bits per heavy atom. The monoisotopic (exact) mass is 296 g/mol. The molecule has 0 unspecified atom stereocenters. The Balaban J connectivity index is 4.08. The first-order valence-corrected chi connectivity index (χ1v) is 5.73. The second kappa shape index (κ2) is 5.61. The van der Waals surface area contributed by atoms with Crippen molar-refractivity contribution in [1.82, 2.24) is 0 Å². The molecule has 21 heavy (non-hydrogen) atoms. The van der Waals surface area contributed by atoms with Gasteiger partial charge in [-0.2, -0.15) is 0 Å². The molecule has 1 rings (SSSR count). The van der Waals surface area contributed by atoms with Gasteiger partial charge in [0.1, 0.15) is 0 Å². The zero-order valence-electron chi connectivity index (χ0n) is 11.1. The van der Waals surface area contributed by atoms with E-state index < -0.39 is 52.0 Å². The van der Waals surface area contributed by atoms with Crippen LogP contribution in [0.4, 0.5) is 0 Å². The van der Waals surface area contributed by atoms with E-state index in [2.05, 4.69) is 0 Å². The largest absolute Gasteiger partial charge is 0.478 e. The number of hydrogen-bond acceptors (Lipinski definition) is 4. The van der Waals surface area contributed by atoms with E-state index in [1.165, 1.54) is 0 Å². The van der Waals surface area contributed by atoms with Gasteiger partial charge in [-0.15, -0.1) is 0 Å². The number of rotatable bonds is 5. The SMILES string of the molecule is CC(C)c1cc(C(=O)O)c(C(=O)O)c(C(=O)O)c1C(=O)O. The molecule has 8 heteroatoms. The van der Waals surface area contributed by atoms with Crippen LogP contribution in [0.5, 0.6) is 0 Å². The summed E-state index contributed by atoms with van der Waals surface area (Å²) in [5, 5.41) is 36.4. The molecule has 0 spiro atoms. The van der Waals surface area contributed by atoms with E-state index in [0.29, 0.717) is 0 Å². The van der Waals surface area contributed by atoms with Gasteiger partial charge in [-0.25, -0.2) is 19.2 Å². The molecule has 0 fully saturated rings. The minimum Gasteiger partial charge on any atom is -0.478 e. The van der Waals surface area contributed by atoms with Crippen molar-refractivity contribution in [3.63, 3.8) is 0 Å². The lowest BCUT2D eigenvalue weighted by atomic mass is 9.86. The Bertz CT molecular complexity index is 657. The molecular weight excluding hydrogens is 284 g/mol. The van der Waals surface area contributed by atoms with E-state index in [4.69, 9.17) is 15.3 Å². The van der Waals surface area contributed by atoms with Gasteiger partial charge in [0.25, 0.3) is 0 Å². The maximum atomic E-state index is 11.3. The lowest BCUT2D eigenvalue weighted by Crippen LogP contribution is -2.21. The molecule has 8 nitrogen and oxygen atoms in total. The Labute approximate surface area is 118 Å². The van der Waals surface area contributed by atoms with Gasteiger partial charge in [0, 0.05) is 0 Å². The fourth-order valence-corrected chi connectivity index (χ4v) is 1.99. The van der Waals surface area contributed by atoms with Crippen molar-refractivity contribution in [3.8, 4) is 0 Å². The molecule has 0 aliphatic carbocycles. The topological polar surface area (TPSA) is 149 Å². The average Bonchev–Trinajstić information content (AvgIpc) is 2.34. The lowest BCUT2D eigenvalue weighted by molar-refractivity contribution is 0.0618. The molecule has 0 aliphatic heterocycles. The number of carboxylic acids is 4. The second-order valence-corrected chi connectivity index (χ2v) is 4.51. The molecule has 1 aromatic rings. The first kappa shape index (κ1) is 16.2. The van der Waals surface area contributed by atoms with Gasteiger partial charge < -0.3 is 20.4 Å². The van der Waals surface area contributed by atoms with Crippen LogP contribution in [-0.2, 0) is 0 Å². The van der Waals surface area contributed by atoms with Crippen LogP contribution in [-0.4, -0.2) is 44.3 Å². The molecule has 1 aromatic carbocycles. The van der Waals surface area contributed by atoms with Crippen LogP contribution < -0.4 is 0 Å². The lowest BCUT2D eigenvalue weighted by Gasteiger charge is -2.16. The minimum absolute atomic E-state index is 0.0534. The van der Waals surface area contributed by atoms with E-state index in [1.54, 1.807) is 13.8 Å². The predicted molar refractivity (Wildman–Crippen MR) is 68.4 cm³/mol. The van der Waals surface area contributed by atoms with Crippen molar-refractivity contribution < 1.29 is 39.6 Å². The molecule has 0 saturated carbocycles. The van der Waals surface area contributed by atoms with Gasteiger partial charge in [0.15, 0.2) is 0 Å². The highest BCUT2D eigenvalue weighted by Crippen LogP contribution is 2.29. The minimum atomic E-state index is -1.82. The maximum absolute atomic E-state index is 11.3. The summed E-state index contributed by atoms with van der Waals surface area (Å²) in [4.78, 5) is 44.9. The van der Waals surface area contributed by atoms with Gasteiger partial charge in [-0.05, 0) is 17.5 Å². The molecule has 0 radical (unpaired) electrons.